The van der Waals surface area contributed by atoms with Gasteiger partial charge in [-0.25, -0.2) is 4.39 Å². The van der Waals surface area contributed by atoms with Gasteiger partial charge in [-0.3, -0.25) is 4.79 Å². The predicted octanol–water partition coefficient (Wildman–Crippen LogP) is 2.42. The Labute approximate surface area is 90.9 Å². The van der Waals surface area contributed by atoms with Crippen LogP contribution in [0.1, 0.15) is 18.4 Å². The molecule has 1 aromatic heterocycles. The molecule has 0 unspecified atom stereocenters. The van der Waals surface area contributed by atoms with Crippen LogP contribution in [0, 0.1) is 5.82 Å². The summed E-state index contributed by atoms with van der Waals surface area (Å²) in [6.45, 7) is 0. The average Bonchev–Trinajstić information content (AvgIpc) is 2.94. The van der Waals surface area contributed by atoms with E-state index in [-0.39, 0.29) is 5.82 Å². The summed E-state index contributed by atoms with van der Waals surface area (Å²) >= 11 is 0. The van der Waals surface area contributed by atoms with Crippen molar-refractivity contribution in [1.29, 1.82) is 0 Å². The quantitative estimate of drug-likeness (QED) is 0.814. The van der Waals surface area contributed by atoms with Crippen molar-refractivity contribution in [2.45, 2.75) is 18.3 Å². The van der Waals surface area contributed by atoms with Gasteiger partial charge in [0.25, 0.3) is 0 Å². The lowest BCUT2D eigenvalue weighted by molar-refractivity contribution is -0.140. The highest BCUT2D eigenvalue weighted by atomic mass is 19.1. The molecular weight excluding hydrogens is 209 g/mol. The van der Waals surface area contributed by atoms with Gasteiger partial charge in [0.1, 0.15) is 5.82 Å². The van der Waals surface area contributed by atoms with Gasteiger partial charge in [0.15, 0.2) is 0 Å². The second kappa shape index (κ2) is 2.84. The molecule has 0 spiro atoms. The van der Waals surface area contributed by atoms with Crippen molar-refractivity contribution in [3.8, 4) is 0 Å². The zero-order valence-electron chi connectivity index (χ0n) is 8.46. The summed E-state index contributed by atoms with van der Waals surface area (Å²) in [6.07, 6.45) is 2.79. The van der Waals surface area contributed by atoms with Crippen LogP contribution in [0.4, 0.5) is 4.39 Å². The molecule has 1 fully saturated rings. The lowest BCUT2D eigenvalue weighted by atomic mass is 9.95. The number of aromatic amines is 1. The van der Waals surface area contributed by atoms with Crippen LogP contribution in [-0.2, 0) is 10.2 Å². The number of aliphatic carboxylic acids is 1. The zero-order valence-corrected chi connectivity index (χ0v) is 8.46. The van der Waals surface area contributed by atoms with Crippen molar-refractivity contribution in [2.24, 2.45) is 0 Å². The van der Waals surface area contributed by atoms with Crippen LogP contribution in [0.15, 0.2) is 24.4 Å². The van der Waals surface area contributed by atoms with Gasteiger partial charge in [-0.1, -0.05) is 6.07 Å². The fourth-order valence-corrected chi connectivity index (χ4v) is 2.24. The van der Waals surface area contributed by atoms with Gasteiger partial charge in [-0.2, -0.15) is 0 Å². The standard InChI is InChI=1S/C12H10FNO2/c13-8-2-1-3-9-10(8)7(6-14-9)12(4-5-12)11(15)16/h1-3,6,14H,4-5H2,(H,15,16). The van der Waals surface area contributed by atoms with Crippen LogP contribution >= 0.6 is 0 Å². The number of hydrogen-bond donors (Lipinski definition) is 2. The molecule has 2 aromatic rings. The van der Waals surface area contributed by atoms with Gasteiger partial charge in [0, 0.05) is 17.1 Å². The van der Waals surface area contributed by atoms with Gasteiger partial charge >= 0.3 is 5.97 Å². The first-order valence-corrected chi connectivity index (χ1v) is 5.15. The number of benzene rings is 1. The Bertz CT molecular complexity index is 584. The van der Waals surface area contributed by atoms with Crippen molar-refractivity contribution in [3.05, 3.63) is 35.8 Å². The molecule has 0 saturated heterocycles. The lowest BCUT2D eigenvalue weighted by Gasteiger charge is -2.08. The first-order chi connectivity index (χ1) is 7.65. The van der Waals surface area contributed by atoms with E-state index in [9.17, 15) is 14.3 Å². The lowest BCUT2D eigenvalue weighted by Crippen LogP contribution is -2.19. The highest BCUT2D eigenvalue weighted by Gasteiger charge is 2.53. The third-order valence-corrected chi connectivity index (χ3v) is 3.33. The van der Waals surface area contributed by atoms with Gasteiger partial charge < -0.3 is 10.1 Å². The van der Waals surface area contributed by atoms with Crippen LogP contribution in [0.2, 0.25) is 0 Å². The summed E-state index contributed by atoms with van der Waals surface area (Å²) in [7, 11) is 0. The first kappa shape index (κ1) is 9.39. The Balaban J connectivity index is 2.29. The second-order valence-electron chi connectivity index (χ2n) is 4.25. The molecule has 1 saturated carbocycles. The maximum absolute atomic E-state index is 13.7. The summed E-state index contributed by atoms with van der Waals surface area (Å²) in [5.74, 6) is -1.22. The highest BCUT2D eigenvalue weighted by Crippen LogP contribution is 2.50. The number of carbonyl (C=O) groups is 1. The Hall–Kier alpha value is -1.84. The number of hydrogen-bond acceptors (Lipinski definition) is 1. The molecule has 1 aliphatic rings. The fraction of sp³-hybridized carbons (Fsp3) is 0.250. The number of halogens is 1. The van der Waals surface area contributed by atoms with Crippen LogP contribution < -0.4 is 0 Å². The van der Waals surface area contributed by atoms with Crippen LogP contribution in [0.25, 0.3) is 10.9 Å². The molecule has 1 aliphatic carbocycles. The number of rotatable bonds is 2. The predicted molar refractivity (Wildman–Crippen MR) is 56.8 cm³/mol. The van der Waals surface area contributed by atoms with E-state index in [1.54, 1.807) is 18.3 Å². The molecule has 2 N–H and O–H groups in total. The largest absolute Gasteiger partial charge is 0.481 e. The minimum atomic E-state index is -0.864. The van der Waals surface area contributed by atoms with Crippen LogP contribution in [0.3, 0.4) is 0 Å². The van der Waals surface area contributed by atoms with Gasteiger partial charge in [-0.15, -0.1) is 0 Å². The first-order valence-electron chi connectivity index (χ1n) is 5.15. The minimum absolute atomic E-state index is 0.360. The van der Waals surface area contributed by atoms with E-state index in [0.29, 0.717) is 29.3 Å². The topological polar surface area (TPSA) is 53.1 Å². The molecule has 16 heavy (non-hydrogen) atoms. The van der Waals surface area contributed by atoms with E-state index in [4.69, 9.17) is 0 Å². The van der Waals surface area contributed by atoms with Gasteiger partial charge in [0.05, 0.1) is 5.41 Å². The van der Waals surface area contributed by atoms with Crippen molar-refractivity contribution in [1.82, 2.24) is 4.98 Å². The Morgan fingerprint density at radius 3 is 2.81 bits per heavy atom. The van der Waals surface area contributed by atoms with E-state index in [1.165, 1.54) is 6.07 Å². The average molecular weight is 219 g/mol. The number of carboxylic acids is 1. The SMILES string of the molecule is O=C(O)C1(c2c[nH]c3cccc(F)c23)CC1. The number of carboxylic acid groups (broad SMARTS) is 1. The Kier molecular flexibility index (Phi) is 1.67. The zero-order chi connectivity index (χ0) is 11.3. The van der Waals surface area contributed by atoms with Crippen molar-refractivity contribution < 1.29 is 14.3 Å². The van der Waals surface area contributed by atoms with E-state index >= 15 is 0 Å². The molecular formula is C12H10FNO2. The van der Waals surface area contributed by atoms with Gasteiger partial charge in [-0.05, 0) is 30.5 Å². The normalized spacial score (nSPS) is 17.6. The van der Waals surface area contributed by atoms with Crippen molar-refractivity contribution in [2.75, 3.05) is 0 Å². The monoisotopic (exact) mass is 219 g/mol. The number of nitrogens with one attached hydrogen (secondary N) is 1. The van der Waals surface area contributed by atoms with Crippen LogP contribution in [-0.4, -0.2) is 16.1 Å². The minimum Gasteiger partial charge on any atom is -0.481 e. The molecule has 0 bridgehead atoms. The van der Waals surface area contributed by atoms with E-state index in [0.717, 1.165) is 0 Å². The second-order valence-corrected chi connectivity index (χ2v) is 4.25. The molecule has 0 radical (unpaired) electrons. The summed E-state index contributed by atoms with van der Waals surface area (Å²) in [5, 5.41) is 9.61. The molecule has 82 valence electrons. The number of fused-ring (bicyclic) bond motifs is 1. The fourth-order valence-electron chi connectivity index (χ4n) is 2.24. The number of aromatic nitrogens is 1. The molecule has 0 atom stereocenters. The molecule has 1 aromatic carbocycles. The molecule has 4 heteroatoms. The highest BCUT2D eigenvalue weighted by molar-refractivity contribution is 5.94. The Morgan fingerprint density at radius 1 is 1.44 bits per heavy atom. The third-order valence-electron chi connectivity index (χ3n) is 3.33. The molecule has 3 nitrogen and oxygen atoms in total. The maximum Gasteiger partial charge on any atom is 0.314 e. The van der Waals surface area contributed by atoms with E-state index < -0.39 is 11.4 Å². The smallest absolute Gasteiger partial charge is 0.314 e. The molecule has 3 rings (SSSR count). The van der Waals surface area contributed by atoms with Crippen LogP contribution in [0.5, 0.6) is 0 Å². The number of H-pyrrole nitrogens is 1. The molecule has 1 heterocycles. The van der Waals surface area contributed by atoms with Crippen molar-refractivity contribution >= 4 is 16.9 Å². The summed E-state index contributed by atoms with van der Waals surface area (Å²) in [6, 6.07) is 4.72. The van der Waals surface area contributed by atoms with Crippen molar-refractivity contribution in [3.63, 3.8) is 0 Å². The molecule has 0 aliphatic heterocycles. The maximum atomic E-state index is 13.7. The van der Waals surface area contributed by atoms with E-state index in [1.807, 2.05) is 0 Å². The summed E-state index contributed by atoms with van der Waals surface area (Å²) < 4.78 is 13.7. The summed E-state index contributed by atoms with van der Waals surface area (Å²) in [5.41, 5.74) is 0.371. The summed E-state index contributed by atoms with van der Waals surface area (Å²) in [4.78, 5) is 14.1. The third kappa shape index (κ3) is 1.04. The van der Waals surface area contributed by atoms with E-state index in [2.05, 4.69) is 4.98 Å². The van der Waals surface area contributed by atoms with Gasteiger partial charge in [0.2, 0.25) is 0 Å². The Morgan fingerprint density at radius 2 is 2.19 bits per heavy atom. The molecule has 0 amide bonds.